The van der Waals surface area contributed by atoms with Crippen LogP contribution >= 0.6 is 0 Å². The number of aliphatic hydroxyl groups is 1. The molecule has 22 heavy (non-hydrogen) atoms. The lowest BCUT2D eigenvalue weighted by atomic mass is 9.81. The zero-order valence-electron chi connectivity index (χ0n) is 12.6. The van der Waals surface area contributed by atoms with Crippen molar-refractivity contribution in [1.82, 2.24) is 0 Å². The van der Waals surface area contributed by atoms with Crippen LogP contribution in [0.5, 0.6) is 0 Å². The Hall–Kier alpha value is -2.38. The van der Waals surface area contributed by atoms with E-state index in [-0.39, 0.29) is 0 Å². The highest BCUT2D eigenvalue weighted by Gasteiger charge is 2.43. The van der Waals surface area contributed by atoms with Gasteiger partial charge in [-0.3, -0.25) is 0 Å². The van der Waals surface area contributed by atoms with E-state index in [2.05, 4.69) is 31.2 Å². The van der Waals surface area contributed by atoms with Gasteiger partial charge in [0.05, 0.1) is 0 Å². The Morgan fingerprint density at radius 3 is 1.68 bits per heavy atom. The Balaban J connectivity index is 2.10. The van der Waals surface area contributed by atoms with Crippen LogP contribution in [-0.4, -0.2) is 5.11 Å². The summed E-state index contributed by atoms with van der Waals surface area (Å²) in [5.41, 5.74) is 5.36. The van der Waals surface area contributed by atoms with Crippen LogP contribution in [0.15, 0.2) is 72.8 Å². The molecule has 0 unspecified atom stereocenters. The van der Waals surface area contributed by atoms with Gasteiger partial charge in [-0.2, -0.15) is 0 Å². The minimum absolute atomic E-state index is 0.906. The molecule has 0 radical (unpaired) electrons. The maximum Gasteiger partial charge on any atom is 0.142 e. The first-order valence-electron chi connectivity index (χ1n) is 7.77. The summed E-state index contributed by atoms with van der Waals surface area (Å²) < 4.78 is 0. The molecule has 108 valence electrons. The topological polar surface area (TPSA) is 20.2 Å². The van der Waals surface area contributed by atoms with Crippen LogP contribution in [0.1, 0.15) is 29.2 Å². The summed E-state index contributed by atoms with van der Waals surface area (Å²) in [5.74, 6) is 0. The van der Waals surface area contributed by atoms with Crippen molar-refractivity contribution in [3.8, 4) is 11.1 Å². The number of rotatable bonds is 2. The van der Waals surface area contributed by atoms with E-state index in [0.717, 1.165) is 34.2 Å². The first-order chi connectivity index (χ1) is 10.8. The molecule has 3 aromatic rings. The van der Waals surface area contributed by atoms with Crippen molar-refractivity contribution in [2.45, 2.75) is 18.9 Å². The molecule has 3 aromatic carbocycles. The molecule has 0 aliphatic heterocycles. The highest BCUT2D eigenvalue weighted by Crippen LogP contribution is 2.51. The monoisotopic (exact) mass is 286 g/mol. The summed E-state index contributed by atoms with van der Waals surface area (Å²) in [7, 11) is 0. The number of hydrogen-bond donors (Lipinski definition) is 1. The quantitative estimate of drug-likeness (QED) is 0.734. The number of aryl methyl sites for hydroxylation is 1. The van der Waals surface area contributed by atoms with Gasteiger partial charge in [-0.1, -0.05) is 79.7 Å². The van der Waals surface area contributed by atoms with Gasteiger partial charge in [0.15, 0.2) is 0 Å². The van der Waals surface area contributed by atoms with Gasteiger partial charge in [0, 0.05) is 11.1 Å². The van der Waals surface area contributed by atoms with E-state index >= 15 is 0 Å². The molecule has 0 heterocycles. The van der Waals surface area contributed by atoms with E-state index in [1.165, 1.54) is 5.56 Å². The van der Waals surface area contributed by atoms with Crippen molar-refractivity contribution in [2.75, 3.05) is 0 Å². The van der Waals surface area contributed by atoms with Crippen molar-refractivity contribution in [2.24, 2.45) is 0 Å². The SMILES string of the molecule is CCc1ccccc1C1(O)c2ccccc2-c2ccccc21. The lowest BCUT2D eigenvalue weighted by molar-refractivity contribution is 0.129. The summed E-state index contributed by atoms with van der Waals surface area (Å²) in [4.78, 5) is 0. The lowest BCUT2D eigenvalue weighted by Crippen LogP contribution is -2.27. The smallest absolute Gasteiger partial charge is 0.142 e. The van der Waals surface area contributed by atoms with Gasteiger partial charge in [-0.15, -0.1) is 0 Å². The molecule has 0 spiro atoms. The minimum atomic E-state index is -1.06. The Morgan fingerprint density at radius 2 is 1.14 bits per heavy atom. The van der Waals surface area contributed by atoms with Gasteiger partial charge < -0.3 is 5.11 Å². The van der Waals surface area contributed by atoms with Crippen LogP contribution in [0.4, 0.5) is 0 Å². The molecule has 0 saturated carbocycles. The maximum atomic E-state index is 11.8. The van der Waals surface area contributed by atoms with Gasteiger partial charge in [0.25, 0.3) is 0 Å². The molecule has 1 aliphatic rings. The highest BCUT2D eigenvalue weighted by atomic mass is 16.3. The third-order valence-corrected chi connectivity index (χ3v) is 4.71. The third-order valence-electron chi connectivity index (χ3n) is 4.71. The number of benzene rings is 3. The second kappa shape index (κ2) is 4.82. The average molecular weight is 286 g/mol. The number of fused-ring (bicyclic) bond motifs is 3. The van der Waals surface area contributed by atoms with Crippen molar-refractivity contribution in [1.29, 1.82) is 0 Å². The Bertz CT molecular complexity index is 802. The van der Waals surface area contributed by atoms with Crippen LogP contribution in [0.2, 0.25) is 0 Å². The van der Waals surface area contributed by atoms with E-state index in [4.69, 9.17) is 0 Å². The molecule has 1 nitrogen and oxygen atoms in total. The van der Waals surface area contributed by atoms with Crippen molar-refractivity contribution < 1.29 is 5.11 Å². The van der Waals surface area contributed by atoms with Crippen molar-refractivity contribution >= 4 is 0 Å². The van der Waals surface area contributed by atoms with Gasteiger partial charge >= 0.3 is 0 Å². The Labute approximate surface area is 130 Å². The molecule has 0 aromatic heterocycles. The summed E-state index contributed by atoms with van der Waals surface area (Å²) in [6.45, 7) is 2.13. The molecule has 0 fully saturated rings. The average Bonchev–Trinajstić information content (AvgIpc) is 2.86. The first-order valence-corrected chi connectivity index (χ1v) is 7.77. The van der Waals surface area contributed by atoms with Crippen LogP contribution in [0, 0.1) is 0 Å². The first kappa shape index (κ1) is 13.3. The Morgan fingerprint density at radius 1 is 0.682 bits per heavy atom. The van der Waals surface area contributed by atoms with Crippen molar-refractivity contribution in [3.63, 3.8) is 0 Å². The standard InChI is InChI=1S/C21H18O/c1-2-15-9-3-6-12-18(15)21(22)19-13-7-4-10-16(19)17-11-5-8-14-20(17)21/h3-14,22H,2H2,1H3. The molecule has 0 saturated heterocycles. The molecule has 4 rings (SSSR count). The second-order valence-electron chi connectivity index (χ2n) is 5.81. The summed E-state index contributed by atoms with van der Waals surface area (Å²) >= 11 is 0. The highest BCUT2D eigenvalue weighted by molar-refractivity contribution is 5.82. The van der Waals surface area contributed by atoms with Crippen molar-refractivity contribution in [3.05, 3.63) is 95.1 Å². The van der Waals surface area contributed by atoms with E-state index in [1.54, 1.807) is 0 Å². The zero-order valence-corrected chi connectivity index (χ0v) is 12.6. The lowest BCUT2D eigenvalue weighted by Gasteiger charge is -2.28. The van der Waals surface area contributed by atoms with E-state index in [9.17, 15) is 5.11 Å². The summed E-state index contributed by atoms with van der Waals surface area (Å²) in [5, 5.41) is 11.8. The van der Waals surface area contributed by atoms with Crippen LogP contribution in [-0.2, 0) is 12.0 Å². The summed E-state index contributed by atoms with van der Waals surface area (Å²) in [6.07, 6.45) is 0.906. The van der Waals surface area contributed by atoms with Crippen LogP contribution in [0.25, 0.3) is 11.1 Å². The molecule has 0 atom stereocenters. The van der Waals surface area contributed by atoms with Gasteiger partial charge in [0.1, 0.15) is 5.60 Å². The molecule has 1 aliphatic carbocycles. The van der Waals surface area contributed by atoms with Gasteiger partial charge in [-0.05, 0) is 28.7 Å². The minimum Gasteiger partial charge on any atom is -0.376 e. The second-order valence-corrected chi connectivity index (χ2v) is 5.81. The van der Waals surface area contributed by atoms with E-state index in [1.807, 2.05) is 48.5 Å². The zero-order chi connectivity index (χ0) is 15.2. The molecular weight excluding hydrogens is 268 g/mol. The predicted octanol–water partition coefficient (Wildman–Crippen LogP) is 4.51. The third kappa shape index (κ3) is 1.63. The molecule has 0 bridgehead atoms. The largest absolute Gasteiger partial charge is 0.376 e. The van der Waals surface area contributed by atoms with E-state index in [0.29, 0.717) is 0 Å². The predicted molar refractivity (Wildman–Crippen MR) is 89.8 cm³/mol. The molecular formula is C21H18O. The molecule has 1 N–H and O–H groups in total. The molecule has 0 amide bonds. The summed E-state index contributed by atoms with van der Waals surface area (Å²) in [6, 6.07) is 24.6. The Kier molecular flexibility index (Phi) is 2.91. The van der Waals surface area contributed by atoms with Gasteiger partial charge in [-0.25, -0.2) is 0 Å². The van der Waals surface area contributed by atoms with Crippen LogP contribution < -0.4 is 0 Å². The fraction of sp³-hybridized carbons (Fsp3) is 0.143. The fourth-order valence-electron chi connectivity index (χ4n) is 3.68. The van der Waals surface area contributed by atoms with E-state index < -0.39 is 5.60 Å². The normalized spacial score (nSPS) is 14.5. The fourth-order valence-corrected chi connectivity index (χ4v) is 3.68. The number of hydrogen-bond acceptors (Lipinski definition) is 1. The molecule has 1 heteroatoms. The maximum absolute atomic E-state index is 11.8. The van der Waals surface area contributed by atoms with Crippen LogP contribution in [0.3, 0.4) is 0 Å². The van der Waals surface area contributed by atoms with Gasteiger partial charge in [0.2, 0.25) is 0 Å².